The zero-order valence-corrected chi connectivity index (χ0v) is 14.7. The summed E-state index contributed by atoms with van der Waals surface area (Å²) >= 11 is 5.78. The number of carbonyl (C=O) groups excluding carboxylic acids is 2. The fraction of sp³-hybridized carbons (Fsp3) is 0.263. The monoisotopic (exact) mass is 362 g/mol. The maximum atomic E-state index is 12.0. The third-order valence-electron chi connectivity index (χ3n) is 3.29. The number of benzene rings is 2. The van der Waals surface area contributed by atoms with Crippen LogP contribution in [0.3, 0.4) is 0 Å². The van der Waals surface area contributed by atoms with Crippen LogP contribution in [0.1, 0.15) is 30.6 Å². The Kier molecular flexibility index (Phi) is 6.83. The van der Waals surface area contributed by atoms with Crippen molar-refractivity contribution in [2.24, 2.45) is 0 Å². The minimum absolute atomic E-state index is 0.350. The zero-order valence-electron chi connectivity index (χ0n) is 14.0. The number of para-hydroxylation sites is 1. The number of rotatable bonds is 6. The number of hydrogen-bond donors (Lipinski definition) is 0. The van der Waals surface area contributed by atoms with Gasteiger partial charge in [0.25, 0.3) is 0 Å². The Morgan fingerprint density at radius 1 is 0.920 bits per heavy atom. The van der Waals surface area contributed by atoms with E-state index in [2.05, 4.69) is 0 Å². The minimum Gasteiger partial charge on any atom is -0.459 e. The van der Waals surface area contributed by atoms with Gasteiger partial charge in [0.2, 0.25) is 0 Å². The van der Waals surface area contributed by atoms with Crippen LogP contribution >= 0.6 is 11.6 Å². The van der Waals surface area contributed by atoms with E-state index in [1.807, 2.05) is 6.07 Å². The molecule has 0 spiro atoms. The highest BCUT2D eigenvalue weighted by Crippen LogP contribution is 2.14. The Bertz CT molecular complexity index is 700. The second-order valence-corrected chi connectivity index (χ2v) is 5.99. The molecule has 0 aliphatic carbocycles. The number of hydrogen-bond acceptors (Lipinski definition) is 5. The highest BCUT2D eigenvalue weighted by molar-refractivity contribution is 6.30. The minimum atomic E-state index is -0.796. The van der Waals surface area contributed by atoms with Crippen LogP contribution in [0.15, 0.2) is 54.6 Å². The molecule has 6 heteroatoms. The summed E-state index contributed by atoms with van der Waals surface area (Å²) in [6.45, 7) is 3.44. The summed E-state index contributed by atoms with van der Waals surface area (Å²) in [7, 11) is 0. The van der Waals surface area contributed by atoms with Crippen LogP contribution in [0.2, 0.25) is 5.02 Å². The second-order valence-electron chi connectivity index (χ2n) is 5.55. The summed E-state index contributed by atoms with van der Waals surface area (Å²) in [5.41, 5.74) is 0.410. The molecule has 0 fully saturated rings. The Labute approximate surface area is 151 Å². The Morgan fingerprint density at radius 3 is 2.16 bits per heavy atom. The van der Waals surface area contributed by atoms with Gasteiger partial charge in [-0.15, -0.1) is 0 Å². The molecule has 5 nitrogen and oxygen atoms in total. The highest BCUT2D eigenvalue weighted by atomic mass is 35.5. The van der Waals surface area contributed by atoms with Crippen LogP contribution in [0.5, 0.6) is 5.75 Å². The van der Waals surface area contributed by atoms with E-state index < -0.39 is 24.3 Å². The third-order valence-corrected chi connectivity index (χ3v) is 3.55. The fourth-order valence-corrected chi connectivity index (χ4v) is 2.30. The smallest absolute Gasteiger partial charge is 0.459 e. The lowest BCUT2D eigenvalue weighted by Crippen LogP contribution is -2.24. The number of halogens is 1. The maximum absolute atomic E-state index is 12.0. The van der Waals surface area contributed by atoms with Crippen molar-refractivity contribution in [3.63, 3.8) is 0 Å². The van der Waals surface area contributed by atoms with E-state index in [9.17, 15) is 9.59 Å². The summed E-state index contributed by atoms with van der Waals surface area (Å²) in [4.78, 5) is 23.7. The fourth-order valence-electron chi connectivity index (χ4n) is 2.17. The van der Waals surface area contributed by atoms with E-state index >= 15 is 0 Å². The standard InChI is InChI=1S/C19H19ClO5/c1-13(23-18(21)15-8-10-16(20)11-9-15)12-14(2)24-19(22)25-17-6-4-3-5-7-17/h3-11,13-14H,12H2,1-2H3. The van der Waals surface area contributed by atoms with Crippen molar-refractivity contribution in [2.75, 3.05) is 0 Å². The first kappa shape index (κ1) is 18.8. The molecule has 2 rings (SSSR count). The first-order valence-electron chi connectivity index (χ1n) is 7.84. The molecule has 0 saturated carbocycles. The number of ether oxygens (including phenoxy) is 3. The maximum Gasteiger partial charge on any atom is 0.514 e. The molecule has 0 aliphatic heterocycles. The first-order chi connectivity index (χ1) is 11.9. The molecule has 2 atom stereocenters. The average molecular weight is 363 g/mol. The predicted molar refractivity (Wildman–Crippen MR) is 94.0 cm³/mol. The third kappa shape index (κ3) is 6.47. The summed E-state index contributed by atoms with van der Waals surface area (Å²) in [5.74, 6) is -0.0508. The van der Waals surface area contributed by atoms with E-state index in [0.717, 1.165) is 0 Å². The van der Waals surface area contributed by atoms with E-state index in [0.29, 0.717) is 22.8 Å². The number of carbonyl (C=O) groups is 2. The van der Waals surface area contributed by atoms with Crippen molar-refractivity contribution in [2.45, 2.75) is 32.5 Å². The number of esters is 1. The molecule has 2 aromatic rings. The molecule has 0 aliphatic rings. The molecular weight excluding hydrogens is 344 g/mol. The van der Waals surface area contributed by atoms with Gasteiger partial charge in [-0.3, -0.25) is 0 Å². The van der Waals surface area contributed by atoms with Crippen molar-refractivity contribution in [1.82, 2.24) is 0 Å². The molecule has 0 bridgehead atoms. The molecule has 0 N–H and O–H groups in total. The van der Waals surface area contributed by atoms with Gasteiger partial charge in [-0.25, -0.2) is 9.59 Å². The largest absolute Gasteiger partial charge is 0.514 e. The lowest BCUT2D eigenvalue weighted by Gasteiger charge is -2.18. The van der Waals surface area contributed by atoms with Crippen molar-refractivity contribution in [3.05, 3.63) is 65.2 Å². The van der Waals surface area contributed by atoms with Crippen LogP contribution in [0.25, 0.3) is 0 Å². The molecule has 25 heavy (non-hydrogen) atoms. The Balaban J connectivity index is 1.77. The predicted octanol–water partition coefficient (Wildman–Crippen LogP) is 4.88. The van der Waals surface area contributed by atoms with Gasteiger partial charge in [-0.05, 0) is 50.2 Å². The van der Waals surface area contributed by atoms with Gasteiger partial charge in [-0.1, -0.05) is 29.8 Å². The van der Waals surface area contributed by atoms with Crippen LogP contribution in [0, 0.1) is 0 Å². The molecule has 0 radical (unpaired) electrons. The Hall–Kier alpha value is -2.53. The first-order valence-corrected chi connectivity index (χ1v) is 8.22. The van der Waals surface area contributed by atoms with Gasteiger partial charge in [-0.2, -0.15) is 0 Å². The van der Waals surface area contributed by atoms with E-state index in [1.165, 1.54) is 0 Å². The van der Waals surface area contributed by atoms with Gasteiger partial charge >= 0.3 is 12.1 Å². The van der Waals surface area contributed by atoms with Crippen molar-refractivity contribution in [1.29, 1.82) is 0 Å². The molecule has 0 saturated heterocycles. The molecule has 0 amide bonds. The van der Waals surface area contributed by atoms with Crippen LogP contribution < -0.4 is 4.74 Å². The van der Waals surface area contributed by atoms with Gasteiger partial charge in [0.1, 0.15) is 18.0 Å². The summed E-state index contributed by atoms with van der Waals surface area (Å²) < 4.78 is 15.5. The van der Waals surface area contributed by atoms with E-state index in [1.54, 1.807) is 62.4 Å². The molecule has 2 unspecified atom stereocenters. The Morgan fingerprint density at radius 2 is 1.52 bits per heavy atom. The van der Waals surface area contributed by atoms with Gasteiger partial charge in [0, 0.05) is 11.4 Å². The van der Waals surface area contributed by atoms with Gasteiger partial charge in [0.05, 0.1) is 5.56 Å². The van der Waals surface area contributed by atoms with Crippen molar-refractivity contribution >= 4 is 23.7 Å². The van der Waals surface area contributed by atoms with Crippen molar-refractivity contribution < 1.29 is 23.8 Å². The zero-order chi connectivity index (χ0) is 18.2. The second kappa shape index (κ2) is 9.08. The van der Waals surface area contributed by atoms with Gasteiger partial charge in [0.15, 0.2) is 0 Å². The van der Waals surface area contributed by atoms with Crippen molar-refractivity contribution in [3.8, 4) is 5.75 Å². The van der Waals surface area contributed by atoms with Gasteiger partial charge < -0.3 is 14.2 Å². The summed E-state index contributed by atoms with van der Waals surface area (Å²) in [6.07, 6.45) is -1.34. The quantitative estimate of drug-likeness (QED) is 0.541. The average Bonchev–Trinajstić information content (AvgIpc) is 2.55. The lowest BCUT2D eigenvalue weighted by atomic mass is 10.2. The molecular formula is C19H19ClO5. The lowest BCUT2D eigenvalue weighted by molar-refractivity contribution is 0.0124. The SMILES string of the molecule is CC(CC(C)OC(=O)c1ccc(Cl)cc1)OC(=O)Oc1ccccc1. The molecule has 0 aromatic heterocycles. The highest BCUT2D eigenvalue weighted by Gasteiger charge is 2.18. The van der Waals surface area contributed by atoms with E-state index in [-0.39, 0.29) is 0 Å². The topological polar surface area (TPSA) is 61.8 Å². The summed E-state index contributed by atoms with van der Waals surface area (Å²) in [5, 5.41) is 0.545. The molecule has 0 heterocycles. The van der Waals surface area contributed by atoms with Crippen LogP contribution in [0.4, 0.5) is 4.79 Å². The van der Waals surface area contributed by atoms with E-state index in [4.69, 9.17) is 25.8 Å². The normalized spacial score (nSPS) is 12.8. The van der Waals surface area contributed by atoms with Crippen LogP contribution in [-0.2, 0) is 9.47 Å². The molecule has 132 valence electrons. The summed E-state index contributed by atoms with van der Waals surface area (Å²) in [6, 6.07) is 15.1. The molecule has 2 aromatic carbocycles. The van der Waals surface area contributed by atoms with Crippen LogP contribution in [-0.4, -0.2) is 24.3 Å².